The Morgan fingerprint density at radius 2 is 2.00 bits per heavy atom. The van der Waals surface area contributed by atoms with E-state index >= 15 is 0 Å². The molecule has 22 heavy (non-hydrogen) atoms. The molecule has 0 aliphatic carbocycles. The van der Waals surface area contributed by atoms with Crippen LogP contribution in [0.3, 0.4) is 0 Å². The number of rotatable bonds is 2. The molecule has 2 aliphatic rings. The molecule has 0 aromatic heterocycles. The SMILES string of the molecule is Cc1cc2c(cc1C)OC(C(=O)N1CCCC1(C)C(=O)O)C2. The van der Waals surface area contributed by atoms with Gasteiger partial charge >= 0.3 is 5.97 Å². The quantitative estimate of drug-likeness (QED) is 0.908. The number of hydrogen-bond acceptors (Lipinski definition) is 3. The maximum atomic E-state index is 12.7. The van der Waals surface area contributed by atoms with Crippen molar-refractivity contribution in [2.45, 2.75) is 51.7 Å². The summed E-state index contributed by atoms with van der Waals surface area (Å²) in [6.45, 7) is 6.15. The van der Waals surface area contributed by atoms with Crippen LogP contribution in [0, 0.1) is 13.8 Å². The van der Waals surface area contributed by atoms with Crippen molar-refractivity contribution in [2.24, 2.45) is 0 Å². The Labute approximate surface area is 129 Å². The Morgan fingerprint density at radius 3 is 2.68 bits per heavy atom. The molecule has 118 valence electrons. The summed E-state index contributed by atoms with van der Waals surface area (Å²) < 4.78 is 5.81. The first kappa shape index (κ1) is 14.9. The standard InChI is InChI=1S/C17H21NO4/c1-10-7-12-9-14(22-13(12)8-11(10)2)15(19)18-6-4-5-17(18,3)16(20)21/h7-8,14H,4-6,9H2,1-3H3,(H,20,21). The number of carbonyl (C=O) groups excluding carboxylic acids is 1. The number of carboxylic acids is 1. The van der Waals surface area contributed by atoms with Gasteiger partial charge in [-0.3, -0.25) is 4.79 Å². The van der Waals surface area contributed by atoms with E-state index in [-0.39, 0.29) is 5.91 Å². The topological polar surface area (TPSA) is 66.8 Å². The number of fused-ring (bicyclic) bond motifs is 1. The highest BCUT2D eigenvalue weighted by Crippen LogP contribution is 2.35. The number of carboxylic acid groups (broad SMARTS) is 1. The van der Waals surface area contributed by atoms with Gasteiger partial charge in [0.1, 0.15) is 11.3 Å². The number of aliphatic carboxylic acids is 1. The maximum absolute atomic E-state index is 12.7. The number of hydrogen-bond donors (Lipinski definition) is 1. The van der Waals surface area contributed by atoms with Crippen LogP contribution in [0.25, 0.3) is 0 Å². The lowest BCUT2D eigenvalue weighted by Crippen LogP contribution is -2.54. The van der Waals surface area contributed by atoms with Crippen molar-refractivity contribution in [1.82, 2.24) is 4.90 Å². The zero-order chi connectivity index (χ0) is 16.1. The van der Waals surface area contributed by atoms with Gasteiger partial charge in [0, 0.05) is 13.0 Å². The first-order chi connectivity index (χ1) is 10.3. The lowest BCUT2D eigenvalue weighted by atomic mass is 9.98. The van der Waals surface area contributed by atoms with Gasteiger partial charge in [0.25, 0.3) is 5.91 Å². The third-order valence-corrected chi connectivity index (χ3v) is 4.99. The fourth-order valence-electron chi connectivity index (χ4n) is 3.36. The van der Waals surface area contributed by atoms with Crippen molar-refractivity contribution in [3.63, 3.8) is 0 Å². The number of ether oxygens (including phenoxy) is 1. The van der Waals surface area contributed by atoms with Gasteiger partial charge in [-0.1, -0.05) is 6.07 Å². The summed E-state index contributed by atoms with van der Waals surface area (Å²) in [4.78, 5) is 25.7. The molecule has 5 nitrogen and oxygen atoms in total. The summed E-state index contributed by atoms with van der Waals surface area (Å²) in [5.41, 5.74) is 2.22. The minimum Gasteiger partial charge on any atom is -0.480 e. The van der Waals surface area contributed by atoms with Crippen molar-refractivity contribution < 1.29 is 19.4 Å². The molecule has 1 amide bonds. The summed E-state index contributed by atoms with van der Waals surface area (Å²) >= 11 is 0. The van der Waals surface area contributed by atoms with Crippen LogP contribution in [-0.4, -0.2) is 40.1 Å². The smallest absolute Gasteiger partial charge is 0.329 e. The number of benzene rings is 1. The summed E-state index contributed by atoms with van der Waals surface area (Å²) in [5, 5.41) is 9.45. The minimum atomic E-state index is -1.11. The van der Waals surface area contributed by atoms with Crippen LogP contribution >= 0.6 is 0 Å². The molecule has 0 radical (unpaired) electrons. The first-order valence-corrected chi connectivity index (χ1v) is 7.64. The van der Waals surface area contributed by atoms with E-state index in [1.807, 2.05) is 19.9 Å². The summed E-state index contributed by atoms with van der Waals surface area (Å²) in [5.74, 6) is -0.410. The highest BCUT2D eigenvalue weighted by molar-refractivity contribution is 5.90. The van der Waals surface area contributed by atoms with E-state index in [0.717, 1.165) is 16.9 Å². The number of nitrogens with zero attached hydrogens (tertiary/aromatic N) is 1. The molecule has 0 spiro atoms. The van der Waals surface area contributed by atoms with Crippen LogP contribution in [0.4, 0.5) is 0 Å². The second-order valence-electron chi connectivity index (χ2n) is 6.53. The fraction of sp³-hybridized carbons (Fsp3) is 0.529. The van der Waals surface area contributed by atoms with Gasteiger partial charge in [-0.15, -0.1) is 0 Å². The van der Waals surface area contributed by atoms with Gasteiger partial charge < -0.3 is 14.7 Å². The van der Waals surface area contributed by atoms with Gasteiger partial charge in [0.05, 0.1) is 0 Å². The van der Waals surface area contributed by atoms with Crippen LogP contribution in [0.5, 0.6) is 5.75 Å². The molecular formula is C17H21NO4. The Morgan fingerprint density at radius 1 is 1.32 bits per heavy atom. The third kappa shape index (κ3) is 2.16. The van der Waals surface area contributed by atoms with Crippen LogP contribution in [0.15, 0.2) is 12.1 Å². The first-order valence-electron chi connectivity index (χ1n) is 7.64. The maximum Gasteiger partial charge on any atom is 0.329 e. The average molecular weight is 303 g/mol. The largest absolute Gasteiger partial charge is 0.480 e. The van der Waals surface area contributed by atoms with E-state index in [4.69, 9.17) is 4.74 Å². The molecule has 1 N–H and O–H groups in total. The van der Waals surface area contributed by atoms with Gasteiger partial charge in [0.2, 0.25) is 0 Å². The van der Waals surface area contributed by atoms with Crippen LogP contribution < -0.4 is 4.74 Å². The average Bonchev–Trinajstić information content (AvgIpc) is 3.03. The molecule has 1 aromatic carbocycles. The van der Waals surface area contributed by atoms with Gasteiger partial charge in [-0.25, -0.2) is 4.79 Å². The number of aryl methyl sites for hydroxylation is 2. The second kappa shape index (κ2) is 5.00. The minimum absolute atomic E-state index is 0.214. The molecule has 2 heterocycles. The second-order valence-corrected chi connectivity index (χ2v) is 6.53. The van der Waals surface area contributed by atoms with Gasteiger partial charge in [0.15, 0.2) is 6.10 Å². The van der Waals surface area contributed by atoms with Crippen molar-refractivity contribution in [3.8, 4) is 5.75 Å². The van der Waals surface area contributed by atoms with E-state index in [9.17, 15) is 14.7 Å². The van der Waals surface area contributed by atoms with E-state index in [1.54, 1.807) is 6.92 Å². The normalized spacial score (nSPS) is 26.7. The predicted octanol–water partition coefficient (Wildman–Crippen LogP) is 2.07. The highest BCUT2D eigenvalue weighted by atomic mass is 16.5. The lowest BCUT2D eigenvalue weighted by molar-refractivity contribution is -0.157. The molecule has 1 fully saturated rings. The van der Waals surface area contributed by atoms with Crippen molar-refractivity contribution in [3.05, 3.63) is 28.8 Å². The van der Waals surface area contributed by atoms with Crippen LogP contribution in [0.2, 0.25) is 0 Å². The monoisotopic (exact) mass is 303 g/mol. The zero-order valence-corrected chi connectivity index (χ0v) is 13.2. The molecule has 2 atom stereocenters. The molecule has 0 saturated carbocycles. The van der Waals surface area contributed by atoms with E-state index < -0.39 is 17.6 Å². The Kier molecular flexibility index (Phi) is 3.38. The van der Waals surface area contributed by atoms with Crippen molar-refractivity contribution in [2.75, 3.05) is 6.54 Å². The van der Waals surface area contributed by atoms with Crippen molar-refractivity contribution in [1.29, 1.82) is 0 Å². The Hall–Kier alpha value is -2.04. The molecule has 5 heteroatoms. The van der Waals surface area contributed by atoms with E-state index in [1.165, 1.54) is 10.5 Å². The van der Waals surface area contributed by atoms with Crippen molar-refractivity contribution >= 4 is 11.9 Å². The molecule has 0 bridgehead atoms. The molecule has 1 aromatic rings. The van der Waals surface area contributed by atoms with E-state index in [2.05, 4.69) is 6.07 Å². The highest BCUT2D eigenvalue weighted by Gasteiger charge is 2.48. The lowest BCUT2D eigenvalue weighted by Gasteiger charge is -2.32. The molecule has 1 saturated heterocycles. The Balaban J connectivity index is 1.82. The van der Waals surface area contributed by atoms with Gasteiger partial charge in [-0.05, 0) is 56.4 Å². The number of likely N-dealkylation sites (tertiary alicyclic amines) is 1. The zero-order valence-electron chi connectivity index (χ0n) is 13.2. The molecule has 2 unspecified atom stereocenters. The molecule has 2 aliphatic heterocycles. The predicted molar refractivity (Wildman–Crippen MR) is 81.0 cm³/mol. The fourth-order valence-corrected chi connectivity index (χ4v) is 3.36. The summed E-state index contributed by atoms with van der Waals surface area (Å²) in [7, 11) is 0. The Bertz CT molecular complexity index is 623. The van der Waals surface area contributed by atoms with Gasteiger partial charge in [-0.2, -0.15) is 0 Å². The third-order valence-electron chi connectivity index (χ3n) is 4.99. The molecule has 3 rings (SSSR count). The van der Waals surface area contributed by atoms with Crippen LogP contribution in [-0.2, 0) is 16.0 Å². The molecular weight excluding hydrogens is 282 g/mol. The summed E-state index contributed by atoms with van der Waals surface area (Å²) in [6.07, 6.45) is 1.12. The van der Waals surface area contributed by atoms with Crippen LogP contribution in [0.1, 0.15) is 36.5 Å². The summed E-state index contributed by atoms with van der Waals surface area (Å²) in [6, 6.07) is 4.01. The van der Waals surface area contributed by atoms with E-state index in [0.29, 0.717) is 25.8 Å². The number of carbonyl (C=O) groups is 2. The number of amides is 1.